The molecule has 2 aromatic rings. The minimum atomic E-state index is -0.250. The van der Waals surface area contributed by atoms with Crippen molar-refractivity contribution in [2.24, 2.45) is 5.92 Å². The van der Waals surface area contributed by atoms with Crippen molar-refractivity contribution in [2.75, 3.05) is 39.3 Å². The number of nitrogens with zero attached hydrogens (tertiary/aromatic N) is 3. The number of aryl methyl sites for hydroxylation is 1. The van der Waals surface area contributed by atoms with Gasteiger partial charge in [-0.1, -0.05) is 30.3 Å². The van der Waals surface area contributed by atoms with Gasteiger partial charge in [0.1, 0.15) is 0 Å². The number of benzene rings is 1. The first-order valence-electron chi connectivity index (χ1n) is 10.3. The van der Waals surface area contributed by atoms with E-state index in [1.54, 1.807) is 11.3 Å². The SMILES string of the molecule is Cc1nc(CC(=O)NC2C3CN4CCN(C3)CC2(c2ccccc2)C4)cs1.O=CO. The molecule has 1 amide bonds. The van der Waals surface area contributed by atoms with Crippen molar-refractivity contribution in [3.63, 3.8) is 0 Å². The number of amides is 1. The van der Waals surface area contributed by atoms with E-state index in [-0.39, 0.29) is 23.8 Å². The van der Waals surface area contributed by atoms with Gasteiger partial charge in [0.2, 0.25) is 5.91 Å². The highest BCUT2D eigenvalue weighted by molar-refractivity contribution is 7.09. The molecule has 0 spiro atoms. The number of nitrogens with one attached hydrogen (secondary N) is 1. The van der Waals surface area contributed by atoms with Crippen molar-refractivity contribution in [1.29, 1.82) is 0 Å². The molecule has 6 rings (SSSR count). The van der Waals surface area contributed by atoms with Crippen molar-refractivity contribution in [3.05, 3.63) is 52.0 Å². The number of hydrogen-bond donors (Lipinski definition) is 2. The van der Waals surface area contributed by atoms with Gasteiger partial charge < -0.3 is 20.2 Å². The number of aromatic nitrogens is 1. The smallest absolute Gasteiger partial charge is 0.290 e. The fraction of sp³-hybridized carbons (Fsp3) is 0.500. The van der Waals surface area contributed by atoms with E-state index in [4.69, 9.17) is 9.90 Å². The van der Waals surface area contributed by atoms with E-state index in [1.165, 1.54) is 5.56 Å². The summed E-state index contributed by atoms with van der Waals surface area (Å²) in [5.74, 6) is 0.591. The zero-order valence-corrected chi connectivity index (χ0v) is 18.0. The molecule has 4 aliphatic rings. The first-order chi connectivity index (χ1) is 14.5. The third-order valence-electron chi connectivity index (χ3n) is 6.47. The quantitative estimate of drug-likeness (QED) is 0.716. The summed E-state index contributed by atoms with van der Waals surface area (Å²) in [6.45, 7) is 8.27. The summed E-state index contributed by atoms with van der Waals surface area (Å²) in [5.41, 5.74) is 2.23. The van der Waals surface area contributed by atoms with Crippen molar-refractivity contribution >= 4 is 23.7 Å². The number of rotatable bonds is 4. The van der Waals surface area contributed by atoms with Gasteiger partial charge in [-0.05, 0) is 12.5 Å². The van der Waals surface area contributed by atoms with E-state index < -0.39 is 0 Å². The number of carbonyl (C=O) groups excluding carboxylic acids is 1. The van der Waals surface area contributed by atoms with E-state index in [0.29, 0.717) is 12.3 Å². The second-order valence-electron chi connectivity index (χ2n) is 8.44. The fourth-order valence-electron chi connectivity index (χ4n) is 5.45. The number of thiazole rings is 1. The number of fused-ring (bicyclic) bond motifs is 1. The van der Waals surface area contributed by atoms with Crippen molar-refractivity contribution in [1.82, 2.24) is 20.1 Å². The number of carbonyl (C=O) groups is 2. The molecule has 160 valence electrons. The molecule has 4 bridgehead atoms. The Morgan fingerprint density at radius 3 is 2.47 bits per heavy atom. The molecule has 2 N–H and O–H groups in total. The Morgan fingerprint density at radius 2 is 1.90 bits per heavy atom. The Labute approximate surface area is 180 Å². The van der Waals surface area contributed by atoms with Crippen molar-refractivity contribution < 1.29 is 14.7 Å². The van der Waals surface area contributed by atoms with Crippen LogP contribution in [0.3, 0.4) is 0 Å². The molecular weight excluding hydrogens is 400 g/mol. The van der Waals surface area contributed by atoms with Crippen LogP contribution in [0.4, 0.5) is 0 Å². The fourth-order valence-corrected chi connectivity index (χ4v) is 6.06. The van der Waals surface area contributed by atoms with Gasteiger partial charge in [0.15, 0.2) is 0 Å². The van der Waals surface area contributed by atoms with Gasteiger partial charge in [-0.3, -0.25) is 9.59 Å². The number of piperidine rings is 2. The molecule has 8 heteroatoms. The zero-order chi connectivity index (χ0) is 21.1. The van der Waals surface area contributed by atoms with Crippen LogP contribution in [0, 0.1) is 12.8 Å². The van der Waals surface area contributed by atoms with E-state index in [2.05, 4.69) is 50.4 Å². The number of carboxylic acid groups (broad SMARTS) is 1. The van der Waals surface area contributed by atoms with E-state index in [1.807, 2.05) is 12.3 Å². The van der Waals surface area contributed by atoms with Crippen LogP contribution in [-0.4, -0.2) is 77.6 Å². The normalized spacial score (nSPS) is 31.4. The molecule has 0 radical (unpaired) electrons. The molecule has 3 atom stereocenters. The summed E-state index contributed by atoms with van der Waals surface area (Å²) < 4.78 is 0. The van der Waals surface area contributed by atoms with Crippen LogP contribution in [-0.2, 0) is 21.4 Å². The molecule has 4 aliphatic heterocycles. The summed E-state index contributed by atoms with van der Waals surface area (Å²) in [6.07, 6.45) is 0.381. The molecule has 5 heterocycles. The Kier molecular flexibility index (Phi) is 6.17. The molecule has 0 aliphatic carbocycles. The Morgan fingerprint density at radius 1 is 1.27 bits per heavy atom. The molecule has 4 saturated heterocycles. The van der Waals surface area contributed by atoms with Gasteiger partial charge >= 0.3 is 0 Å². The maximum absolute atomic E-state index is 12.9. The average Bonchev–Trinajstić information content (AvgIpc) is 2.96. The van der Waals surface area contributed by atoms with Crippen molar-refractivity contribution in [2.45, 2.75) is 24.8 Å². The second kappa shape index (κ2) is 8.83. The van der Waals surface area contributed by atoms with E-state index in [0.717, 1.165) is 50.0 Å². The lowest BCUT2D eigenvalue weighted by atomic mass is 9.64. The Bertz CT molecular complexity index is 872. The minimum absolute atomic E-state index is 0.0213. The summed E-state index contributed by atoms with van der Waals surface area (Å²) in [7, 11) is 0. The van der Waals surface area contributed by atoms with E-state index in [9.17, 15) is 4.79 Å². The van der Waals surface area contributed by atoms with Crippen molar-refractivity contribution in [3.8, 4) is 0 Å². The first-order valence-corrected chi connectivity index (χ1v) is 11.2. The largest absolute Gasteiger partial charge is 0.483 e. The van der Waals surface area contributed by atoms with Crippen LogP contribution in [0.1, 0.15) is 16.3 Å². The molecule has 4 fully saturated rings. The predicted molar refractivity (Wildman–Crippen MR) is 116 cm³/mol. The van der Waals surface area contributed by atoms with Crippen LogP contribution in [0.15, 0.2) is 35.7 Å². The first kappa shape index (κ1) is 21.0. The molecule has 7 nitrogen and oxygen atoms in total. The maximum Gasteiger partial charge on any atom is 0.290 e. The molecular formula is C22H28N4O3S. The highest BCUT2D eigenvalue weighted by atomic mass is 32.1. The summed E-state index contributed by atoms with van der Waals surface area (Å²) in [5, 5.41) is 13.4. The average molecular weight is 429 g/mol. The standard InChI is InChI=1S/C21H26N4OS.CH2O2/c1-15-22-18(12-27-15)9-19(26)23-20-16-10-24-7-8-25(11-16)14-21(20,13-24)17-5-3-2-4-6-17;2-1-3/h2-6,12,16,20H,7-11,13-14H2,1H3,(H,23,26);1H,(H,2,3). The van der Waals surface area contributed by atoms with Crippen LogP contribution in [0.25, 0.3) is 0 Å². The molecule has 1 aromatic heterocycles. The Hall–Kier alpha value is -2.29. The highest BCUT2D eigenvalue weighted by Crippen LogP contribution is 2.43. The predicted octanol–water partition coefficient (Wildman–Crippen LogP) is 1.38. The van der Waals surface area contributed by atoms with Crippen LogP contribution in [0.2, 0.25) is 0 Å². The van der Waals surface area contributed by atoms with Crippen LogP contribution >= 0.6 is 11.3 Å². The Balaban J connectivity index is 0.000000687. The molecule has 30 heavy (non-hydrogen) atoms. The lowest BCUT2D eigenvalue weighted by Crippen LogP contribution is -2.70. The third kappa shape index (κ3) is 4.12. The molecule has 0 saturated carbocycles. The van der Waals surface area contributed by atoms with Gasteiger partial charge in [-0.25, -0.2) is 4.98 Å². The second-order valence-corrected chi connectivity index (χ2v) is 9.50. The maximum atomic E-state index is 12.9. The monoisotopic (exact) mass is 428 g/mol. The summed E-state index contributed by atoms with van der Waals surface area (Å²) in [4.78, 5) is 30.9. The summed E-state index contributed by atoms with van der Waals surface area (Å²) in [6, 6.07) is 11.0. The van der Waals surface area contributed by atoms with Gasteiger partial charge in [0, 0.05) is 62.0 Å². The van der Waals surface area contributed by atoms with Gasteiger partial charge in [0.05, 0.1) is 17.1 Å². The lowest BCUT2D eigenvalue weighted by molar-refractivity contribution is -0.124. The zero-order valence-electron chi connectivity index (χ0n) is 17.2. The summed E-state index contributed by atoms with van der Waals surface area (Å²) >= 11 is 1.61. The van der Waals surface area contributed by atoms with Gasteiger partial charge in [-0.2, -0.15) is 0 Å². The van der Waals surface area contributed by atoms with Gasteiger partial charge in [0.25, 0.3) is 6.47 Å². The van der Waals surface area contributed by atoms with Crippen LogP contribution < -0.4 is 5.32 Å². The number of hydrogen-bond acceptors (Lipinski definition) is 6. The van der Waals surface area contributed by atoms with E-state index >= 15 is 0 Å². The minimum Gasteiger partial charge on any atom is -0.483 e. The van der Waals surface area contributed by atoms with Crippen LogP contribution in [0.5, 0.6) is 0 Å². The molecule has 1 aromatic carbocycles. The third-order valence-corrected chi connectivity index (χ3v) is 7.29. The topological polar surface area (TPSA) is 85.8 Å². The lowest BCUT2D eigenvalue weighted by Gasteiger charge is -2.55. The molecule has 3 unspecified atom stereocenters. The highest BCUT2D eigenvalue weighted by Gasteiger charge is 2.55. The van der Waals surface area contributed by atoms with Gasteiger partial charge in [-0.15, -0.1) is 11.3 Å².